The lowest BCUT2D eigenvalue weighted by Crippen LogP contribution is -2.44. The van der Waals surface area contributed by atoms with E-state index >= 15 is 0 Å². The van der Waals surface area contributed by atoms with Gasteiger partial charge in [-0.25, -0.2) is 4.79 Å². The number of nitrogens with one attached hydrogen (secondary N) is 1. The molecule has 1 aromatic carbocycles. The minimum absolute atomic E-state index is 0.0770. The molecule has 2 amide bonds. The van der Waals surface area contributed by atoms with Gasteiger partial charge in [0.25, 0.3) is 0 Å². The van der Waals surface area contributed by atoms with Gasteiger partial charge in [-0.05, 0) is 12.1 Å². The first kappa shape index (κ1) is 10.4. The van der Waals surface area contributed by atoms with Crippen LogP contribution in [0.2, 0.25) is 0 Å². The van der Waals surface area contributed by atoms with Crippen LogP contribution < -0.4 is 10.1 Å². The Kier molecular flexibility index (Phi) is 2.63. The van der Waals surface area contributed by atoms with Crippen molar-refractivity contribution in [1.29, 1.82) is 0 Å². The largest absolute Gasteiger partial charge is 0.490 e. The second-order valence-electron chi connectivity index (χ2n) is 4.61. The molecule has 0 radical (unpaired) electrons. The number of piperidine rings is 1. The summed E-state index contributed by atoms with van der Waals surface area (Å²) in [6, 6.07) is 10.3. The van der Waals surface area contributed by atoms with Gasteiger partial charge in [0, 0.05) is 25.9 Å². The summed E-state index contributed by atoms with van der Waals surface area (Å²) in [4.78, 5) is 13.4. The van der Waals surface area contributed by atoms with Crippen LogP contribution in [0, 0.1) is 0 Å². The number of para-hydroxylation sites is 1. The van der Waals surface area contributed by atoms with Crippen molar-refractivity contribution in [2.75, 3.05) is 13.1 Å². The van der Waals surface area contributed by atoms with Gasteiger partial charge in [-0.3, -0.25) is 0 Å². The van der Waals surface area contributed by atoms with E-state index in [2.05, 4.69) is 5.32 Å². The lowest BCUT2D eigenvalue weighted by atomic mass is 10.0. The molecule has 2 heterocycles. The Labute approximate surface area is 101 Å². The number of ether oxygens (including phenoxy) is 1. The zero-order valence-electron chi connectivity index (χ0n) is 9.63. The number of rotatable bonds is 2. The van der Waals surface area contributed by atoms with Gasteiger partial charge >= 0.3 is 6.03 Å². The van der Waals surface area contributed by atoms with Gasteiger partial charge in [0.2, 0.25) is 0 Å². The highest BCUT2D eigenvalue weighted by molar-refractivity contribution is 5.77. The van der Waals surface area contributed by atoms with Crippen molar-refractivity contribution >= 4 is 6.03 Å². The first-order valence-corrected chi connectivity index (χ1v) is 6.09. The Morgan fingerprint density at radius 2 is 2.12 bits per heavy atom. The first-order valence-electron chi connectivity index (χ1n) is 6.09. The van der Waals surface area contributed by atoms with Crippen LogP contribution in [-0.2, 0) is 0 Å². The highest BCUT2D eigenvalue weighted by atomic mass is 16.5. The van der Waals surface area contributed by atoms with Gasteiger partial charge in [-0.1, -0.05) is 18.2 Å². The van der Waals surface area contributed by atoms with Crippen LogP contribution in [0.3, 0.4) is 0 Å². The summed E-state index contributed by atoms with van der Waals surface area (Å²) in [6.07, 6.45) is 2.07. The third kappa shape index (κ3) is 2.07. The molecule has 90 valence electrons. The van der Waals surface area contributed by atoms with Gasteiger partial charge in [0.15, 0.2) is 0 Å². The lowest BCUT2D eigenvalue weighted by Gasteiger charge is -2.33. The number of benzene rings is 1. The van der Waals surface area contributed by atoms with Crippen molar-refractivity contribution < 1.29 is 9.53 Å². The van der Waals surface area contributed by atoms with E-state index in [9.17, 15) is 4.79 Å². The van der Waals surface area contributed by atoms with Crippen molar-refractivity contribution in [2.24, 2.45) is 0 Å². The van der Waals surface area contributed by atoms with Gasteiger partial charge in [0.1, 0.15) is 11.9 Å². The maximum Gasteiger partial charge on any atom is 0.317 e. The molecule has 0 bridgehead atoms. The predicted molar refractivity (Wildman–Crippen MR) is 64.0 cm³/mol. The van der Waals surface area contributed by atoms with E-state index in [1.54, 1.807) is 0 Å². The van der Waals surface area contributed by atoms with Crippen LogP contribution in [0.25, 0.3) is 0 Å². The molecule has 4 nitrogen and oxygen atoms in total. The molecule has 4 heteroatoms. The molecule has 2 aliphatic rings. The van der Waals surface area contributed by atoms with E-state index in [0.29, 0.717) is 6.04 Å². The summed E-state index contributed by atoms with van der Waals surface area (Å²) in [5.41, 5.74) is 0. The van der Waals surface area contributed by atoms with Crippen molar-refractivity contribution in [3.63, 3.8) is 0 Å². The Morgan fingerprint density at radius 3 is 2.94 bits per heavy atom. The van der Waals surface area contributed by atoms with E-state index in [1.807, 2.05) is 35.2 Å². The van der Waals surface area contributed by atoms with Crippen LogP contribution in [0.4, 0.5) is 4.79 Å². The second kappa shape index (κ2) is 4.28. The fourth-order valence-electron chi connectivity index (χ4n) is 2.58. The van der Waals surface area contributed by atoms with Gasteiger partial charge in [-0.15, -0.1) is 0 Å². The van der Waals surface area contributed by atoms with Crippen molar-refractivity contribution in [3.8, 4) is 5.75 Å². The first-order chi connectivity index (χ1) is 8.33. The number of hydrogen-bond acceptors (Lipinski definition) is 2. The van der Waals surface area contributed by atoms with Crippen LogP contribution >= 0.6 is 0 Å². The zero-order valence-corrected chi connectivity index (χ0v) is 9.63. The van der Waals surface area contributed by atoms with Crippen LogP contribution in [-0.4, -0.2) is 36.2 Å². The number of urea groups is 1. The summed E-state index contributed by atoms with van der Waals surface area (Å²) in [6.45, 7) is 1.56. The molecule has 0 saturated carbocycles. The molecule has 3 rings (SSSR count). The molecule has 1 N–H and O–H groups in total. The molecule has 0 aliphatic carbocycles. The maximum absolute atomic E-state index is 11.4. The SMILES string of the molecule is O=C1NCC2CC(Oc3ccccc3)CCN12. The Hall–Kier alpha value is -1.71. The molecular formula is C13H16N2O2. The highest BCUT2D eigenvalue weighted by Gasteiger charge is 2.36. The number of amides is 2. The molecular weight excluding hydrogens is 216 g/mol. The maximum atomic E-state index is 11.4. The van der Waals surface area contributed by atoms with Crippen LogP contribution in [0.15, 0.2) is 30.3 Å². The number of carbonyl (C=O) groups is 1. The summed E-state index contributed by atoms with van der Waals surface area (Å²) in [5.74, 6) is 0.920. The third-order valence-electron chi connectivity index (χ3n) is 3.46. The number of nitrogens with zero attached hydrogens (tertiary/aromatic N) is 1. The molecule has 2 unspecified atom stereocenters. The topological polar surface area (TPSA) is 41.6 Å². The van der Waals surface area contributed by atoms with E-state index < -0.39 is 0 Å². The highest BCUT2D eigenvalue weighted by Crippen LogP contribution is 2.24. The monoisotopic (exact) mass is 232 g/mol. The molecule has 2 aliphatic heterocycles. The minimum Gasteiger partial charge on any atom is -0.490 e. The Morgan fingerprint density at radius 1 is 1.29 bits per heavy atom. The Bertz CT molecular complexity index is 407. The molecule has 2 atom stereocenters. The van der Waals surface area contributed by atoms with Crippen molar-refractivity contribution in [1.82, 2.24) is 10.2 Å². The average Bonchev–Trinajstić information content (AvgIpc) is 2.72. The van der Waals surface area contributed by atoms with E-state index in [0.717, 1.165) is 31.7 Å². The fraction of sp³-hybridized carbons (Fsp3) is 0.462. The molecule has 2 fully saturated rings. The van der Waals surface area contributed by atoms with Crippen LogP contribution in [0.5, 0.6) is 5.75 Å². The van der Waals surface area contributed by atoms with Gasteiger partial charge < -0.3 is 15.0 Å². The molecule has 2 saturated heterocycles. The van der Waals surface area contributed by atoms with Gasteiger partial charge in [0.05, 0.1) is 6.04 Å². The smallest absolute Gasteiger partial charge is 0.317 e. The van der Waals surface area contributed by atoms with E-state index in [-0.39, 0.29) is 12.1 Å². The zero-order chi connectivity index (χ0) is 11.7. The van der Waals surface area contributed by atoms with Crippen molar-refractivity contribution in [3.05, 3.63) is 30.3 Å². The van der Waals surface area contributed by atoms with Gasteiger partial charge in [-0.2, -0.15) is 0 Å². The third-order valence-corrected chi connectivity index (χ3v) is 3.46. The number of fused-ring (bicyclic) bond motifs is 1. The number of hydrogen-bond donors (Lipinski definition) is 1. The fourth-order valence-corrected chi connectivity index (χ4v) is 2.58. The standard InChI is InChI=1S/C13H16N2O2/c16-13-14-9-10-8-12(6-7-15(10)13)17-11-4-2-1-3-5-11/h1-5,10,12H,6-9H2,(H,14,16). The summed E-state index contributed by atoms with van der Waals surface area (Å²) in [5, 5.41) is 2.88. The normalized spacial score (nSPS) is 27.5. The van der Waals surface area contributed by atoms with Crippen molar-refractivity contribution in [2.45, 2.75) is 25.0 Å². The molecule has 1 aromatic rings. The molecule has 0 aromatic heterocycles. The Balaban J connectivity index is 1.62. The summed E-state index contributed by atoms with van der Waals surface area (Å²) >= 11 is 0. The lowest BCUT2D eigenvalue weighted by molar-refractivity contribution is 0.0937. The number of carbonyl (C=O) groups excluding carboxylic acids is 1. The molecule has 0 spiro atoms. The van der Waals surface area contributed by atoms with Crippen LogP contribution in [0.1, 0.15) is 12.8 Å². The summed E-state index contributed by atoms with van der Waals surface area (Å²) in [7, 11) is 0. The van der Waals surface area contributed by atoms with E-state index in [4.69, 9.17) is 4.74 Å². The average molecular weight is 232 g/mol. The second-order valence-corrected chi connectivity index (χ2v) is 4.61. The quantitative estimate of drug-likeness (QED) is 0.842. The molecule has 17 heavy (non-hydrogen) atoms. The predicted octanol–water partition coefficient (Wildman–Crippen LogP) is 1.62. The van der Waals surface area contributed by atoms with E-state index in [1.165, 1.54) is 0 Å². The minimum atomic E-state index is 0.0770. The summed E-state index contributed by atoms with van der Waals surface area (Å²) < 4.78 is 5.93.